The highest BCUT2D eigenvalue weighted by molar-refractivity contribution is 5.98. The Morgan fingerprint density at radius 2 is 1.70 bits per heavy atom. The summed E-state index contributed by atoms with van der Waals surface area (Å²) < 4.78 is 5.44. The predicted octanol–water partition coefficient (Wildman–Crippen LogP) is 6.03. The van der Waals surface area contributed by atoms with E-state index < -0.39 is 6.04 Å². The average molecular weight is 444 g/mol. The highest BCUT2D eigenvalue weighted by Gasteiger charge is 2.22. The van der Waals surface area contributed by atoms with Crippen LogP contribution in [-0.4, -0.2) is 26.1 Å². The summed E-state index contributed by atoms with van der Waals surface area (Å²) in [5, 5.41) is 6.49. The number of aryl methyl sites for hydroxylation is 1. The van der Waals surface area contributed by atoms with Gasteiger partial charge >= 0.3 is 0 Å². The Kier molecular flexibility index (Phi) is 7.18. The molecule has 0 radical (unpaired) electrons. The molecule has 4 rings (SSSR count). The van der Waals surface area contributed by atoms with Crippen molar-refractivity contribution in [1.29, 1.82) is 0 Å². The third kappa shape index (κ3) is 5.67. The molecular weight excluding hydrogens is 410 g/mol. The number of nitrogens with one attached hydrogen (secondary N) is 2. The van der Waals surface area contributed by atoms with Crippen LogP contribution in [0.1, 0.15) is 36.9 Å². The van der Waals surface area contributed by atoms with Gasteiger partial charge in [-0.1, -0.05) is 43.3 Å². The molecule has 1 aliphatic heterocycles. The number of methoxy groups -OCH3 is 1. The minimum Gasteiger partial charge on any atom is -0.495 e. The summed E-state index contributed by atoms with van der Waals surface area (Å²) >= 11 is 0. The monoisotopic (exact) mass is 443 g/mol. The van der Waals surface area contributed by atoms with Gasteiger partial charge in [0.05, 0.1) is 12.8 Å². The number of hydrogen-bond donors (Lipinski definition) is 2. The van der Waals surface area contributed by atoms with Crippen molar-refractivity contribution in [3.05, 3.63) is 83.9 Å². The first kappa shape index (κ1) is 22.7. The molecule has 1 amide bonds. The van der Waals surface area contributed by atoms with Crippen LogP contribution in [0.15, 0.2) is 72.8 Å². The first-order valence-corrected chi connectivity index (χ1v) is 11.7. The summed E-state index contributed by atoms with van der Waals surface area (Å²) in [4.78, 5) is 15.8. The SMILES string of the molecule is COc1ccc(C)cc1NC(=O)[C@@H](Nc1ccc(N2CCC(C)CC2)cc1)c1ccccc1. The van der Waals surface area contributed by atoms with Crippen LogP contribution in [0.4, 0.5) is 17.1 Å². The zero-order chi connectivity index (χ0) is 23.2. The van der Waals surface area contributed by atoms with Crippen LogP contribution >= 0.6 is 0 Å². The smallest absolute Gasteiger partial charge is 0.251 e. The maximum atomic E-state index is 13.4. The Morgan fingerprint density at radius 1 is 1.00 bits per heavy atom. The van der Waals surface area contributed by atoms with Crippen LogP contribution < -0.4 is 20.3 Å². The van der Waals surface area contributed by atoms with E-state index >= 15 is 0 Å². The molecule has 3 aromatic rings. The number of carbonyl (C=O) groups excluding carboxylic acids is 1. The zero-order valence-electron chi connectivity index (χ0n) is 19.7. The van der Waals surface area contributed by atoms with Gasteiger partial charge in [0.15, 0.2) is 0 Å². The molecule has 33 heavy (non-hydrogen) atoms. The molecule has 1 saturated heterocycles. The largest absolute Gasteiger partial charge is 0.495 e. The Bertz CT molecular complexity index is 1060. The van der Waals surface area contributed by atoms with Crippen LogP contribution in [0.2, 0.25) is 0 Å². The van der Waals surface area contributed by atoms with Crippen LogP contribution in [0.25, 0.3) is 0 Å². The summed E-state index contributed by atoms with van der Waals surface area (Å²) in [6.07, 6.45) is 2.47. The number of anilines is 3. The fraction of sp³-hybridized carbons (Fsp3) is 0.321. The summed E-state index contributed by atoms with van der Waals surface area (Å²) in [5.41, 5.74) is 4.76. The van der Waals surface area contributed by atoms with E-state index in [0.717, 1.165) is 35.8 Å². The highest BCUT2D eigenvalue weighted by atomic mass is 16.5. The number of ether oxygens (including phenoxy) is 1. The number of benzene rings is 3. The highest BCUT2D eigenvalue weighted by Crippen LogP contribution is 2.29. The van der Waals surface area contributed by atoms with Crippen molar-refractivity contribution in [2.75, 3.05) is 35.7 Å². The Morgan fingerprint density at radius 3 is 2.36 bits per heavy atom. The van der Waals surface area contributed by atoms with Crippen molar-refractivity contribution in [1.82, 2.24) is 0 Å². The lowest BCUT2D eigenvalue weighted by molar-refractivity contribution is -0.117. The van der Waals surface area contributed by atoms with Gasteiger partial charge in [-0.15, -0.1) is 0 Å². The predicted molar refractivity (Wildman–Crippen MR) is 136 cm³/mol. The van der Waals surface area contributed by atoms with E-state index in [1.54, 1.807) is 7.11 Å². The molecule has 172 valence electrons. The summed E-state index contributed by atoms with van der Waals surface area (Å²) in [7, 11) is 1.61. The third-order valence-electron chi connectivity index (χ3n) is 6.34. The first-order chi connectivity index (χ1) is 16.0. The maximum Gasteiger partial charge on any atom is 0.251 e. The second-order valence-electron chi connectivity index (χ2n) is 8.90. The zero-order valence-corrected chi connectivity index (χ0v) is 19.7. The normalized spacial score (nSPS) is 15.1. The van der Waals surface area contributed by atoms with E-state index in [1.165, 1.54) is 18.5 Å². The molecule has 0 aliphatic carbocycles. The Balaban J connectivity index is 1.53. The summed E-state index contributed by atoms with van der Waals surface area (Å²) in [5.74, 6) is 1.31. The molecule has 1 fully saturated rings. The fourth-order valence-electron chi connectivity index (χ4n) is 4.27. The summed E-state index contributed by atoms with van der Waals surface area (Å²) in [6.45, 7) is 6.51. The van der Waals surface area contributed by atoms with Gasteiger partial charge in [0, 0.05) is 24.5 Å². The van der Waals surface area contributed by atoms with Gasteiger partial charge in [0.1, 0.15) is 11.8 Å². The molecule has 2 N–H and O–H groups in total. The minimum atomic E-state index is -0.543. The van der Waals surface area contributed by atoms with Crippen molar-refractivity contribution in [2.45, 2.75) is 32.7 Å². The van der Waals surface area contributed by atoms with Crippen molar-refractivity contribution in [2.24, 2.45) is 5.92 Å². The van der Waals surface area contributed by atoms with Crippen molar-refractivity contribution in [3.8, 4) is 5.75 Å². The van der Waals surface area contributed by atoms with Crippen molar-refractivity contribution in [3.63, 3.8) is 0 Å². The molecule has 5 nitrogen and oxygen atoms in total. The molecule has 1 atom stereocenters. The van der Waals surface area contributed by atoms with Crippen molar-refractivity contribution < 1.29 is 9.53 Å². The molecule has 0 unspecified atom stereocenters. The number of nitrogens with zero attached hydrogens (tertiary/aromatic N) is 1. The lowest BCUT2D eigenvalue weighted by Crippen LogP contribution is -2.32. The molecule has 1 aliphatic rings. The Labute approximate surface area is 196 Å². The fourth-order valence-corrected chi connectivity index (χ4v) is 4.27. The first-order valence-electron chi connectivity index (χ1n) is 11.7. The van der Waals surface area contributed by atoms with Gasteiger partial charge in [0.2, 0.25) is 0 Å². The van der Waals surface area contributed by atoms with E-state index in [0.29, 0.717) is 11.4 Å². The van der Waals surface area contributed by atoms with Crippen LogP contribution in [0.3, 0.4) is 0 Å². The van der Waals surface area contributed by atoms with E-state index in [-0.39, 0.29) is 5.91 Å². The second-order valence-corrected chi connectivity index (χ2v) is 8.90. The second kappa shape index (κ2) is 10.4. The van der Waals surface area contributed by atoms with Crippen molar-refractivity contribution >= 4 is 23.0 Å². The van der Waals surface area contributed by atoms with E-state index in [9.17, 15) is 4.79 Å². The standard InChI is InChI=1S/C28H33N3O2/c1-20-15-17-31(18-16-20)24-12-10-23(11-13-24)29-27(22-7-5-4-6-8-22)28(32)30-25-19-21(2)9-14-26(25)33-3/h4-14,19-20,27,29H,15-18H2,1-3H3,(H,30,32)/t27-/m0/s1. The van der Waals surface area contributed by atoms with Gasteiger partial charge in [-0.2, -0.15) is 0 Å². The molecule has 0 saturated carbocycles. The lowest BCUT2D eigenvalue weighted by atomic mass is 9.99. The van der Waals surface area contributed by atoms with Gasteiger partial charge in [-0.25, -0.2) is 0 Å². The van der Waals surface area contributed by atoms with Crippen LogP contribution in [0, 0.1) is 12.8 Å². The minimum absolute atomic E-state index is 0.140. The lowest BCUT2D eigenvalue weighted by Gasteiger charge is -2.32. The third-order valence-corrected chi connectivity index (χ3v) is 6.34. The topological polar surface area (TPSA) is 53.6 Å². The van der Waals surface area contributed by atoms with Gasteiger partial charge in [-0.05, 0) is 73.2 Å². The molecule has 3 aromatic carbocycles. The van der Waals surface area contributed by atoms with Gasteiger partial charge in [-0.3, -0.25) is 4.79 Å². The van der Waals surface area contributed by atoms with E-state index in [4.69, 9.17) is 4.74 Å². The molecule has 0 bridgehead atoms. The van der Waals surface area contributed by atoms with E-state index in [2.05, 4.69) is 46.7 Å². The number of hydrogen-bond acceptors (Lipinski definition) is 4. The Hall–Kier alpha value is -3.47. The molecule has 5 heteroatoms. The number of carbonyl (C=O) groups is 1. The number of piperidine rings is 1. The maximum absolute atomic E-state index is 13.4. The molecule has 0 spiro atoms. The van der Waals surface area contributed by atoms with Gasteiger partial charge in [0.25, 0.3) is 5.91 Å². The number of amides is 1. The molecular formula is C28H33N3O2. The van der Waals surface area contributed by atoms with Crippen LogP contribution in [0.5, 0.6) is 5.75 Å². The van der Waals surface area contributed by atoms with Gasteiger partial charge < -0.3 is 20.3 Å². The average Bonchev–Trinajstić information content (AvgIpc) is 2.84. The van der Waals surface area contributed by atoms with E-state index in [1.807, 2.05) is 55.5 Å². The number of rotatable bonds is 7. The van der Waals surface area contributed by atoms with Crippen LogP contribution in [-0.2, 0) is 4.79 Å². The molecule has 0 aromatic heterocycles. The summed E-state index contributed by atoms with van der Waals surface area (Å²) in [6, 6.07) is 23.4. The molecule has 1 heterocycles. The quantitative estimate of drug-likeness (QED) is 0.468.